The van der Waals surface area contributed by atoms with Crippen LogP contribution in [0.1, 0.15) is 12.6 Å². The molecule has 1 heterocycles. The van der Waals surface area contributed by atoms with Crippen molar-refractivity contribution in [2.24, 2.45) is 0 Å². The van der Waals surface area contributed by atoms with Crippen molar-refractivity contribution in [2.75, 3.05) is 0 Å². The first kappa shape index (κ1) is 10.9. The monoisotopic (exact) mass is 234 g/mol. The molecule has 2 aromatic rings. The van der Waals surface area contributed by atoms with Crippen LogP contribution in [0.4, 0.5) is 0 Å². The van der Waals surface area contributed by atoms with Crippen molar-refractivity contribution in [3.05, 3.63) is 47.5 Å². The molecule has 0 aliphatic heterocycles. The Hall–Kier alpha value is -1.61. The lowest BCUT2D eigenvalue weighted by molar-refractivity contribution is -0.116. The van der Waals surface area contributed by atoms with Gasteiger partial charge in [0.2, 0.25) is 0 Å². The third-order valence-corrected chi connectivity index (χ3v) is 2.47. The van der Waals surface area contributed by atoms with Crippen molar-refractivity contribution in [2.45, 2.75) is 13.3 Å². The van der Waals surface area contributed by atoms with Gasteiger partial charge in [0.1, 0.15) is 5.78 Å². The molecular weight excluding hydrogens is 224 g/mol. The van der Waals surface area contributed by atoms with Gasteiger partial charge in [-0.2, -0.15) is 0 Å². The van der Waals surface area contributed by atoms with Crippen molar-refractivity contribution in [1.82, 2.24) is 9.55 Å². The Bertz CT molecular complexity index is 519. The molecule has 1 aromatic heterocycles. The van der Waals surface area contributed by atoms with Crippen molar-refractivity contribution < 1.29 is 4.79 Å². The maximum atomic E-state index is 11.1. The fourth-order valence-electron chi connectivity index (χ4n) is 1.57. The van der Waals surface area contributed by atoms with Crippen LogP contribution < -0.4 is 0 Å². The minimum atomic E-state index is 0.115. The number of hydrogen-bond donors (Lipinski definition) is 0. The SMILES string of the molecule is CC(=O)Cc1cncn1-c1cccc(Cl)c1. The summed E-state index contributed by atoms with van der Waals surface area (Å²) in [6, 6.07) is 7.45. The van der Waals surface area contributed by atoms with Gasteiger partial charge in [-0.15, -0.1) is 0 Å². The maximum Gasteiger partial charge on any atom is 0.135 e. The van der Waals surface area contributed by atoms with Crippen LogP contribution in [0.3, 0.4) is 0 Å². The molecule has 0 atom stereocenters. The number of halogens is 1. The lowest BCUT2D eigenvalue weighted by Gasteiger charge is -2.06. The van der Waals surface area contributed by atoms with Crippen molar-refractivity contribution in [3.63, 3.8) is 0 Å². The van der Waals surface area contributed by atoms with Gasteiger partial charge in [0, 0.05) is 29.0 Å². The molecule has 0 radical (unpaired) electrons. The van der Waals surface area contributed by atoms with Crippen LogP contribution in [0, 0.1) is 0 Å². The first-order valence-corrected chi connectivity index (χ1v) is 5.31. The van der Waals surface area contributed by atoms with E-state index in [9.17, 15) is 4.79 Å². The lowest BCUT2D eigenvalue weighted by atomic mass is 10.2. The van der Waals surface area contributed by atoms with Gasteiger partial charge in [0.25, 0.3) is 0 Å². The molecule has 1 aromatic carbocycles. The molecule has 16 heavy (non-hydrogen) atoms. The third kappa shape index (κ3) is 2.31. The minimum absolute atomic E-state index is 0.115. The van der Waals surface area contributed by atoms with Crippen LogP contribution in [0.15, 0.2) is 36.8 Å². The topological polar surface area (TPSA) is 34.9 Å². The lowest BCUT2D eigenvalue weighted by Crippen LogP contribution is -2.03. The molecule has 0 aliphatic rings. The average Bonchev–Trinajstić information content (AvgIpc) is 2.65. The normalized spacial score (nSPS) is 10.4. The highest BCUT2D eigenvalue weighted by atomic mass is 35.5. The van der Waals surface area contributed by atoms with E-state index < -0.39 is 0 Å². The van der Waals surface area contributed by atoms with Crippen LogP contribution >= 0.6 is 11.6 Å². The summed E-state index contributed by atoms with van der Waals surface area (Å²) in [5, 5.41) is 0.667. The Morgan fingerprint density at radius 1 is 1.50 bits per heavy atom. The first-order valence-electron chi connectivity index (χ1n) is 4.93. The molecule has 2 rings (SSSR count). The second kappa shape index (κ2) is 4.49. The zero-order valence-corrected chi connectivity index (χ0v) is 9.61. The van der Waals surface area contributed by atoms with Crippen LogP contribution in [-0.2, 0) is 11.2 Å². The molecule has 0 amide bonds. The minimum Gasteiger partial charge on any atom is -0.303 e. The number of aromatic nitrogens is 2. The number of Topliss-reactive ketones (excluding diaryl/α,β-unsaturated/α-hetero) is 1. The molecule has 0 N–H and O–H groups in total. The number of imidazole rings is 1. The maximum absolute atomic E-state index is 11.1. The van der Waals surface area contributed by atoms with Gasteiger partial charge in [-0.1, -0.05) is 17.7 Å². The quantitative estimate of drug-likeness (QED) is 0.819. The summed E-state index contributed by atoms with van der Waals surface area (Å²) in [5.74, 6) is 0.115. The number of rotatable bonds is 3. The number of hydrogen-bond acceptors (Lipinski definition) is 2. The van der Waals surface area contributed by atoms with Crippen LogP contribution in [-0.4, -0.2) is 15.3 Å². The molecule has 3 nitrogen and oxygen atoms in total. The van der Waals surface area contributed by atoms with Gasteiger partial charge in [0.15, 0.2) is 0 Å². The molecule has 0 saturated carbocycles. The van der Waals surface area contributed by atoms with E-state index in [0.29, 0.717) is 11.4 Å². The number of carbonyl (C=O) groups is 1. The zero-order valence-electron chi connectivity index (χ0n) is 8.85. The molecule has 0 saturated heterocycles. The fraction of sp³-hybridized carbons (Fsp3) is 0.167. The second-order valence-electron chi connectivity index (χ2n) is 3.61. The third-order valence-electron chi connectivity index (χ3n) is 2.23. The summed E-state index contributed by atoms with van der Waals surface area (Å²) in [7, 11) is 0. The standard InChI is InChI=1S/C12H11ClN2O/c1-9(16)5-12-7-14-8-15(12)11-4-2-3-10(13)6-11/h2-4,6-8H,5H2,1H3. The van der Waals surface area contributed by atoms with Gasteiger partial charge >= 0.3 is 0 Å². The molecule has 82 valence electrons. The molecule has 4 heteroatoms. The van der Waals surface area contributed by atoms with E-state index in [0.717, 1.165) is 11.4 Å². The summed E-state index contributed by atoms with van der Waals surface area (Å²) >= 11 is 5.92. The smallest absolute Gasteiger partial charge is 0.135 e. The summed E-state index contributed by atoms with van der Waals surface area (Å²) in [6.07, 6.45) is 3.76. The van der Waals surface area contributed by atoms with Gasteiger partial charge in [-0.05, 0) is 25.1 Å². The predicted molar refractivity (Wildman–Crippen MR) is 63.0 cm³/mol. The van der Waals surface area contributed by atoms with E-state index in [-0.39, 0.29) is 5.78 Å². The molecular formula is C12H11ClN2O. The highest BCUT2D eigenvalue weighted by Gasteiger charge is 2.06. The highest BCUT2D eigenvalue weighted by molar-refractivity contribution is 6.30. The molecule has 0 aliphatic carbocycles. The van der Waals surface area contributed by atoms with E-state index in [1.807, 2.05) is 28.8 Å². The van der Waals surface area contributed by atoms with Crippen LogP contribution in [0.5, 0.6) is 0 Å². The van der Waals surface area contributed by atoms with Crippen molar-refractivity contribution >= 4 is 17.4 Å². The van der Waals surface area contributed by atoms with Gasteiger partial charge in [-0.3, -0.25) is 4.79 Å². The largest absolute Gasteiger partial charge is 0.303 e. The Kier molecular flexibility index (Phi) is 3.06. The van der Waals surface area contributed by atoms with Gasteiger partial charge in [0.05, 0.1) is 6.33 Å². The van der Waals surface area contributed by atoms with Crippen LogP contribution in [0.25, 0.3) is 5.69 Å². The number of benzene rings is 1. The van der Waals surface area contributed by atoms with Gasteiger partial charge < -0.3 is 4.57 Å². The van der Waals surface area contributed by atoms with Crippen LogP contribution in [0.2, 0.25) is 5.02 Å². The molecule has 0 spiro atoms. The first-order chi connectivity index (χ1) is 7.66. The van der Waals surface area contributed by atoms with E-state index >= 15 is 0 Å². The predicted octanol–water partition coefficient (Wildman–Crippen LogP) is 2.66. The highest BCUT2D eigenvalue weighted by Crippen LogP contribution is 2.16. The second-order valence-corrected chi connectivity index (χ2v) is 4.05. The van der Waals surface area contributed by atoms with E-state index in [1.54, 1.807) is 19.4 Å². The summed E-state index contributed by atoms with van der Waals surface area (Å²) in [6.45, 7) is 1.56. The average molecular weight is 235 g/mol. The fourth-order valence-corrected chi connectivity index (χ4v) is 1.75. The van der Waals surface area contributed by atoms with E-state index in [1.165, 1.54) is 0 Å². The number of nitrogens with zero attached hydrogens (tertiary/aromatic N) is 2. The van der Waals surface area contributed by atoms with Crippen molar-refractivity contribution in [3.8, 4) is 5.69 Å². The number of ketones is 1. The zero-order chi connectivity index (χ0) is 11.5. The molecule has 0 fully saturated rings. The van der Waals surface area contributed by atoms with E-state index in [4.69, 9.17) is 11.6 Å². The summed E-state index contributed by atoms with van der Waals surface area (Å²) in [4.78, 5) is 15.1. The summed E-state index contributed by atoms with van der Waals surface area (Å²) < 4.78 is 1.87. The van der Waals surface area contributed by atoms with Gasteiger partial charge in [-0.25, -0.2) is 4.98 Å². The molecule has 0 unspecified atom stereocenters. The van der Waals surface area contributed by atoms with Crippen molar-refractivity contribution in [1.29, 1.82) is 0 Å². The Labute approximate surface area is 98.7 Å². The Balaban J connectivity index is 2.40. The van der Waals surface area contributed by atoms with E-state index in [2.05, 4.69) is 4.98 Å². The number of carbonyl (C=O) groups excluding carboxylic acids is 1. The Morgan fingerprint density at radius 2 is 2.31 bits per heavy atom. The summed E-state index contributed by atoms with van der Waals surface area (Å²) in [5.41, 5.74) is 1.79. The molecule has 0 bridgehead atoms. The Morgan fingerprint density at radius 3 is 3.00 bits per heavy atom.